The molecule has 0 saturated carbocycles. The van der Waals surface area contributed by atoms with E-state index >= 15 is 0 Å². The fourth-order valence-corrected chi connectivity index (χ4v) is 0.599. The SMILES string of the molecule is CI.FC(F)c1ccccc1. The molecule has 0 aliphatic carbocycles. The van der Waals surface area contributed by atoms with E-state index in [2.05, 4.69) is 22.6 Å². The zero-order chi connectivity index (χ0) is 8.69. The van der Waals surface area contributed by atoms with E-state index in [9.17, 15) is 8.78 Å². The van der Waals surface area contributed by atoms with Gasteiger partial charge in [-0.25, -0.2) is 8.78 Å². The molecule has 3 heteroatoms. The van der Waals surface area contributed by atoms with Gasteiger partial charge in [0.05, 0.1) is 0 Å². The number of hydrogen-bond donors (Lipinski definition) is 0. The second kappa shape index (κ2) is 6.52. The Labute approximate surface area is 78.8 Å². The van der Waals surface area contributed by atoms with Crippen molar-refractivity contribution in [3.63, 3.8) is 0 Å². The van der Waals surface area contributed by atoms with Gasteiger partial charge in [-0.05, 0) is 4.93 Å². The van der Waals surface area contributed by atoms with Crippen LogP contribution in [0, 0.1) is 0 Å². The monoisotopic (exact) mass is 270 g/mol. The van der Waals surface area contributed by atoms with Crippen LogP contribution >= 0.6 is 22.6 Å². The molecule has 0 amide bonds. The van der Waals surface area contributed by atoms with Crippen molar-refractivity contribution in [2.45, 2.75) is 6.43 Å². The third-order valence-electron chi connectivity index (χ3n) is 1.05. The first kappa shape index (κ1) is 10.8. The Balaban J connectivity index is 0.000000461. The maximum absolute atomic E-state index is 11.8. The van der Waals surface area contributed by atoms with Gasteiger partial charge in [-0.1, -0.05) is 52.9 Å². The number of rotatable bonds is 1. The molecule has 0 unspecified atom stereocenters. The standard InChI is InChI=1S/C7H6F2.CH3I/c8-7(9)6-4-2-1-3-5-6;1-2/h1-5,7H;1H3. The summed E-state index contributed by atoms with van der Waals surface area (Å²) in [5.74, 6) is 0. The second-order valence-corrected chi connectivity index (χ2v) is 1.71. The van der Waals surface area contributed by atoms with Gasteiger partial charge >= 0.3 is 0 Å². The summed E-state index contributed by atoms with van der Waals surface area (Å²) >= 11 is 2.15. The molecule has 1 aromatic rings. The van der Waals surface area contributed by atoms with Crippen molar-refractivity contribution < 1.29 is 8.78 Å². The van der Waals surface area contributed by atoms with Gasteiger partial charge in [0, 0.05) is 5.56 Å². The third-order valence-corrected chi connectivity index (χ3v) is 1.05. The zero-order valence-electron chi connectivity index (χ0n) is 6.10. The molecule has 0 fully saturated rings. The molecule has 0 N–H and O–H groups in total. The van der Waals surface area contributed by atoms with Gasteiger partial charge < -0.3 is 0 Å². The van der Waals surface area contributed by atoms with Gasteiger partial charge in [0.1, 0.15) is 0 Å². The minimum Gasteiger partial charge on any atom is -0.205 e. The maximum atomic E-state index is 11.8. The van der Waals surface area contributed by atoms with E-state index in [4.69, 9.17) is 0 Å². The average Bonchev–Trinajstić information content (AvgIpc) is 2.10. The summed E-state index contributed by atoms with van der Waals surface area (Å²) in [6.07, 6.45) is -2.34. The highest BCUT2D eigenvalue weighted by Crippen LogP contribution is 2.16. The first-order valence-corrected chi connectivity index (χ1v) is 5.17. The molecule has 11 heavy (non-hydrogen) atoms. The fourth-order valence-electron chi connectivity index (χ4n) is 0.599. The van der Waals surface area contributed by atoms with Crippen molar-refractivity contribution >= 4 is 22.6 Å². The second-order valence-electron chi connectivity index (χ2n) is 1.71. The van der Waals surface area contributed by atoms with Crippen molar-refractivity contribution in [1.29, 1.82) is 0 Å². The molecule has 0 atom stereocenters. The third kappa shape index (κ3) is 4.29. The van der Waals surface area contributed by atoms with E-state index in [1.165, 1.54) is 12.1 Å². The van der Waals surface area contributed by atoms with Crippen LogP contribution in [0.1, 0.15) is 12.0 Å². The average molecular weight is 270 g/mol. The predicted molar refractivity (Wildman–Crippen MR) is 51.3 cm³/mol. The van der Waals surface area contributed by atoms with E-state index < -0.39 is 6.43 Å². The van der Waals surface area contributed by atoms with Gasteiger partial charge in [0.2, 0.25) is 0 Å². The lowest BCUT2D eigenvalue weighted by Crippen LogP contribution is -1.79. The number of hydrogen-bond acceptors (Lipinski definition) is 0. The molecule has 0 nitrogen and oxygen atoms in total. The summed E-state index contributed by atoms with van der Waals surface area (Å²) < 4.78 is 23.5. The molecule has 0 heterocycles. The van der Waals surface area contributed by atoms with Crippen LogP contribution in [0.4, 0.5) is 8.78 Å². The van der Waals surface area contributed by atoms with Gasteiger partial charge in [-0.3, -0.25) is 0 Å². The van der Waals surface area contributed by atoms with Crippen molar-refractivity contribution in [2.75, 3.05) is 4.93 Å². The molecular formula is C8H9F2I. The summed E-state index contributed by atoms with van der Waals surface area (Å²) in [4.78, 5) is 1.97. The molecule has 62 valence electrons. The minimum atomic E-state index is -2.34. The summed E-state index contributed by atoms with van der Waals surface area (Å²) in [5, 5.41) is 0. The highest BCUT2D eigenvalue weighted by Gasteiger charge is 2.02. The molecule has 0 aliphatic heterocycles. The first-order chi connectivity index (χ1) is 5.30. The Kier molecular flexibility index (Phi) is 6.40. The number of halogens is 3. The quantitative estimate of drug-likeness (QED) is 0.539. The van der Waals surface area contributed by atoms with Crippen molar-refractivity contribution in [3.8, 4) is 0 Å². The highest BCUT2D eigenvalue weighted by atomic mass is 127. The Morgan fingerprint density at radius 1 is 1.09 bits per heavy atom. The van der Waals surface area contributed by atoms with E-state index in [0.717, 1.165) is 0 Å². The lowest BCUT2D eigenvalue weighted by Gasteiger charge is -1.94. The van der Waals surface area contributed by atoms with Crippen LogP contribution in [0.15, 0.2) is 30.3 Å². The summed E-state index contributed by atoms with van der Waals surface area (Å²) in [6, 6.07) is 7.73. The Morgan fingerprint density at radius 3 is 1.82 bits per heavy atom. The van der Waals surface area contributed by atoms with Crippen molar-refractivity contribution in [2.24, 2.45) is 0 Å². The van der Waals surface area contributed by atoms with Crippen LogP contribution < -0.4 is 0 Å². The van der Waals surface area contributed by atoms with Crippen molar-refractivity contribution in [3.05, 3.63) is 35.9 Å². The Hall–Kier alpha value is -0.190. The number of benzene rings is 1. The van der Waals surface area contributed by atoms with Gasteiger partial charge in [-0.2, -0.15) is 0 Å². The molecule has 0 saturated heterocycles. The van der Waals surface area contributed by atoms with Crippen molar-refractivity contribution in [1.82, 2.24) is 0 Å². The Morgan fingerprint density at radius 2 is 1.55 bits per heavy atom. The summed E-state index contributed by atoms with van der Waals surface area (Å²) in [6.45, 7) is 0. The van der Waals surface area contributed by atoms with Crippen LogP contribution in [0.25, 0.3) is 0 Å². The zero-order valence-corrected chi connectivity index (χ0v) is 8.26. The lowest BCUT2D eigenvalue weighted by molar-refractivity contribution is 0.151. The van der Waals surface area contributed by atoms with E-state index in [1.807, 2.05) is 4.93 Å². The topological polar surface area (TPSA) is 0 Å². The van der Waals surface area contributed by atoms with Crippen LogP contribution in [0.2, 0.25) is 0 Å². The fraction of sp³-hybridized carbons (Fsp3) is 0.250. The van der Waals surface area contributed by atoms with E-state index in [1.54, 1.807) is 18.2 Å². The highest BCUT2D eigenvalue weighted by molar-refractivity contribution is 14.1. The van der Waals surface area contributed by atoms with Crippen LogP contribution in [-0.4, -0.2) is 4.93 Å². The number of alkyl halides is 3. The molecule has 0 spiro atoms. The maximum Gasteiger partial charge on any atom is 0.263 e. The van der Waals surface area contributed by atoms with Gasteiger partial charge in [0.25, 0.3) is 6.43 Å². The molecule has 1 aromatic carbocycles. The molecule has 1 rings (SSSR count). The first-order valence-electron chi connectivity index (χ1n) is 3.01. The van der Waals surface area contributed by atoms with Crippen LogP contribution in [-0.2, 0) is 0 Å². The molecular weight excluding hydrogens is 261 g/mol. The van der Waals surface area contributed by atoms with Crippen LogP contribution in [0.5, 0.6) is 0 Å². The smallest absolute Gasteiger partial charge is 0.205 e. The predicted octanol–water partition coefficient (Wildman–Crippen LogP) is 3.68. The molecule has 0 radical (unpaired) electrons. The summed E-state index contributed by atoms with van der Waals surface area (Å²) in [5.41, 5.74) is 0.0810. The van der Waals surface area contributed by atoms with Gasteiger partial charge in [-0.15, -0.1) is 0 Å². The normalized spacial score (nSPS) is 8.82. The minimum absolute atomic E-state index is 0.0810. The summed E-state index contributed by atoms with van der Waals surface area (Å²) in [7, 11) is 0. The Bertz CT molecular complexity index is 175. The van der Waals surface area contributed by atoms with Gasteiger partial charge in [0.15, 0.2) is 0 Å². The van der Waals surface area contributed by atoms with E-state index in [0.29, 0.717) is 0 Å². The molecule has 0 aromatic heterocycles. The van der Waals surface area contributed by atoms with Crippen LogP contribution in [0.3, 0.4) is 0 Å². The van der Waals surface area contributed by atoms with E-state index in [-0.39, 0.29) is 5.56 Å². The lowest BCUT2D eigenvalue weighted by atomic mass is 10.2. The molecule has 0 aliphatic rings. The molecule has 0 bridgehead atoms. The largest absolute Gasteiger partial charge is 0.263 e.